The minimum absolute atomic E-state index is 0. The molecular weight excluding hydrogens is 355 g/mol. The predicted molar refractivity (Wildman–Crippen MR) is 103 cm³/mol. The van der Waals surface area contributed by atoms with Crippen LogP contribution in [0.25, 0.3) is 5.69 Å². The number of benzene rings is 1. The van der Waals surface area contributed by atoms with E-state index in [0.717, 1.165) is 38.9 Å². The highest BCUT2D eigenvalue weighted by Crippen LogP contribution is 2.21. The Labute approximate surface area is 160 Å². The van der Waals surface area contributed by atoms with Crippen molar-refractivity contribution >= 4 is 18.3 Å². The SMILES string of the molecule is CCCN(C(=O)c1cnn(-c2ccccc2F)c1C)C1CCNCC1.Cl. The standard InChI is InChI=1S/C19H25FN4O.ClH/c1-3-12-23(15-8-10-21-11-9-15)19(25)16-13-22-24(14(16)2)18-7-5-4-6-17(18)20;/h4-7,13,15,21H,3,8-12H2,1-2H3;1H. The third-order valence-electron chi connectivity index (χ3n) is 4.80. The molecule has 2 aromatic rings. The maximum absolute atomic E-state index is 14.1. The van der Waals surface area contributed by atoms with Crippen LogP contribution in [-0.4, -0.2) is 46.3 Å². The molecule has 3 rings (SSSR count). The molecule has 0 unspecified atom stereocenters. The molecule has 1 amide bonds. The zero-order valence-corrected chi connectivity index (χ0v) is 16.1. The second-order valence-electron chi connectivity index (χ2n) is 6.49. The fraction of sp³-hybridized carbons (Fsp3) is 0.474. The summed E-state index contributed by atoms with van der Waals surface area (Å²) in [5, 5.41) is 7.61. The van der Waals surface area contributed by atoms with Crippen LogP contribution >= 0.6 is 12.4 Å². The van der Waals surface area contributed by atoms with Gasteiger partial charge >= 0.3 is 0 Å². The summed E-state index contributed by atoms with van der Waals surface area (Å²) in [5.74, 6) is -0.356. The van der Waals surface area contributed by atoms with E-state index >= 15 is 0 Å². The molecule has 1 fully saturated rings. The first-order valence-electron chi connectivity index (χ1n) is 8.94. The largest absolute Gasteiger partial charge is 0.335 e. The summed E-state index contributed by atoms with van der Waals surface area (Å²) >= 11 is 0. The van der Waals surface area contributed by atoms with Crippen LogP contribution in [0.4, 0.5) is 4.39 Å². The number of aromatic nitrogens is 2. The molecule has 2 heterocycles. The summed E-state index contributed by atoms with van der Waals surface area (Å²) in [7, 11) is 0. The van der Waals surface area contributed by atoms with Crippen molar-refractivity contribution in [3.05, 3.63) is 47.5 Å². The zero-order valence-electron chi connectivity index (χ0n) is 15.2. The van der Waals surface area contributed by atoms with E-state index in [0.29, 0.717) is 16.9 Å². The van der Waals surface area contributed by atoms with Gasteiger partial charge in [-0.3, -0.25) is 4.79 Å². The highest BCUT2D eigenvalue weighted by atomic mass is 35.5. The lowest BCUT2D eigenvalue weighted by Gasteiger charge is -2.34. The van der Waals surface area contributed by atoms with Crippen molar-refractivity contribution in [2.45, 2.75) is 39.2 Å². The van der Waals surface area contributed by atoms with Crippen LogP contribution < -0.4 is 5.32 Å². The van der Waals surface area contributed by atoms with Crippen LogP contribution in [0, 0.1) is 12.7 Å². The van der Waals surface area contributed by atoms with E-state index in [2.05, 4.69) is 17.3 Å². The van der Waals surface area contributed by atoms with Crippen molar-refractivity contribution in [3.63, 3.8) is 0 Å². The second-order valence-corrected chi connectivity index (χ2v) is 6.49. The molecule has 1 aromatic heterocycles. The first-order chi connectivity index (χ1) is 12.1. The lowest BCUT2D eigenvalue weighted by atomic mass is 10.0. The van der Waals surface area contributed by atoms with Crippen LogP contribution in [0.2, 0.25) is 0 Å². The van der Waals surface area contributed by atoms with E-state index < -0.39 is 0 Å². The summed E-state index contributed by atoms with van der Waals surface area (Å²) < 4.78 is 15.6. The van der Waals surface area contributed by atoms with E-state index in [1.165, 1.54) is 10.7 Å². The highest BCUT2D eigenvalue weighted by molar-refractivity contribution is 5.95. The van der Waals surface area contributed by atoms with Gasteiger partial charge in [-0.1, -0.05) is 19.1 Å². The van der Waals surface area contributed by atoms with Gasteiger partial charge in [-0.25, -0.2) is 9.07 Å². The molecule has 1 N–H and O–H groups in total. The number of carbonyl (C=O) groups excluding carboxylic acids is 1. The second kappa shape index (κ2) is 9.14. The quantitative estimate of drug-likeness (QED) is 0.865. The van der Waals surface area contributed by atoms with E-state index in [9.17, 15) is 9.18 Å². The molecule has 5 nitrogen and oxygen atoms in total. The van der Waals surface area contributed by atoms with Crippen molar-refractivity contribution in [2.75, 3.05) is 19.6 Å². The number of piperidine rings is 1. The summed E-state index contributed by atoms with van der Waals surface area (Å²) in [5.41, 5.74) is 1.59. The molecule has 0 saturated carbocycles. The number of carbonyl (C=O) groups is 1. The van der Waals surface area contributed by atoms with Gasteiger partial charge in [0, 0.05) is 12.6 Å². The van der Waals surface area contributed by atoms with Crippen molar-refractivity contribution < 1.29 is 9.18 Å². The van der Waals surface area contributed by atoms with Crippen LogP contribution in [0.3, 0.4) is 0 Å². The predicted octanol–water partition coefficient (Wildman–Crippen LogP) is 3.35. The molecule has 0 atom stereocenters. The zero-order chi connectivity index (χ0) is 17.8. The Balaban J connectivity index is 0.00000243. The molecule has 1 aliphatic rings. The average Bonchev–Trinajstić information content (AvgIpc) is 3.01. The third-order valence-corrected chi connectivity index (χ3v) is 4.80. The molecule has 142 valence electrons. The molecule has 0 spiro atoms. The number of para-hydroxylation sites is 1. The summed E-state index contributed by atoms with van der Waals surface area (Å²) in [6.45, 7) is 6.50. The van der Waals surface area contributed by atoms with Crippen molar-refractivity contribution in [1.29, 1.82) is 0 Å². The fourth-order valence-corrected chi connectivity index (χ4v) is 3.45. The lowest BCUT2D eigenvalue weighted by molar-refractivity contribution is 0.0642. The van der Waals surface area contributed by atoms with Crippen LogP contribution in [0.1, 0.15) is 42.2 Å². The topological polar surface area (TPSA) is 50.2 Å². The van der Waals surface area contributed by atoms with Crippen molar-refractivity contribution in [3.8, 4) is 5.69 Å². The Morgan fingerprint density at radius 3 is 2.69 bits per heavy atom. The molecule has 0 bridgehead atoms. The maximum atomic E-state index is 14.1. The normalized spacial score (nSPS) is 14.7. The van der Waals surface area contributed by atoms with Gasteiger partial charge in [0.05, 0.1) is 17.5 Å². The van der Waals surface area contributed by atoms with Gasteiger partial charge in [-0.05, 0) is 51.4 Å². The van der Waals surface area contributed by atoms with Gasteiger partial charge < -0.3 is 10.2 Å². The van der Waals surface area contributed by atoms with Crippen LogP contribution in [0.15, 0.2) is 30.5 Å². The number of nitrogens with zero attached hydrogens (tertiary/aromatic N) is 3. The molecule has 0 aliphatic carbocycles. The van der Waals surface area contributed by atoms with Crippen molar-refractivity contribution in [2.24, 2.45) is 0 Å². The monoisotopic (exact) mass is 380 g/mol. The van der Waals surface area contributed by atoms with Gasteiger partial charge in [0.25, 0.3) is 5.91 Å². The first-order valence-corrected chi connectivity index (χ1v) is 8.94. The Morgan fingerprint density at radius 2 is 2.04 bits per heavy atom. The van der Waals surface area contributed by atoms with Gasteiger partial charge in [-0.15, -0.1) is 12.4 Å². The van der Waals surface area contributed by atoms with Crippen molar-refractivity contribution in [1.82, 2.24) is 20.0 Å². The van der Waals surface area contributed by atoms with Crippen LogP contribution in [-0.2, 0) is 0 Å². The van der Waals surface area contributed by atoms with E-state index in [1.54, 1.807) is 24.4 Å². The summed E-state index contributed by atoms with van der Waals surface area (Å²) in [6, 6.07) is 6.73. The van der Waals surface area contributed by atoms with Gasteiger partial charge in [0.15, 0.2) is 0 Å². The highest BCUT2D eigenvalue weighted by Gasteiger charge is 2.28. The Hall–Kier alpha value is -1.92. The van der Waals surface area contributed by atoms with E-state index in [4.69, 9.17) is 0 Å². The lowest BCUT2D eigenvalue weighted by Crippen LogP contribution is -2.46. The average molecular weight is 381 g/mol. The van der Waals surface area contributed by atoms with Crippen LogP contribution in [0.5, 0.6) is 0 Å². The van der Waals surface area contributed by atoms with Gasteiger partial charge in [-0.2, -0.15) is 5.10 Å². The smallest absolute Gasteiger partial charge is 0.257 e. The molecule has 26 heavy (non-hydrogen) atoms. The minimum atomic E-state index is -0.350. The number of rotatable bonds is 5. The molecule has 0 radical (unpaired) electrons. The molecule has 7 heteroatoms. The first kappa shape index (κ1) is 20.4. The minimum Gasteiger partial charge on any atom is -0.335 e. The van der Waals surface area contributed by atoms with E-state index in [-0.39, 0.29) is 30.2 Å². The fourth-order valence-electron chi connectivity index (χ4n) is 3.45. The number of hydrogen-bond donors (Lipinski definition) is 1. The third kappa shape index (κ3) is 4.07. The number of nitrogens with one attached hydrogen (secondary N) is 1. The Morgan fingerprint density at radius 1 is 1.35 bits per heavy atom. The summed E-state index contributed by atoms with van der Waals surface area (Å²) in [4.78, 5) is 15.1. The maximum Gasteiger partial charge on any atom is 0.257 e. The molecule has 1 saturated heterocycles. The van der Waals surface area contributed by atoms with Gasteiger partial charge in [0.1, 0.15) is 11.5 Å². The van der Waals surface area contributed by atoms with E-state index in [1.807, 2.05) is 11.8 Å². The number of hydrogen-bond acceptors (Lipinski definition) is 3. The Bertz CT molecular complexity index is 743. The molecular formula is C19H26ClFN4O. The molecule has 1 aromatic carbocycles. The Kier molecular flexibility index (Phi) is 7.17. The number of halogens is 2. The van der Waals surface area contributed by atoms with Gasteiger partial charge in [0.2, 0.25) is 0 Å². The number of amides is 1. The summed E-state index contributed by atoms with van der Waals surface area (Å²) in [6.07, 6.45) is 4.41. The molecule has 1 aliphatic heterocycles.